The van der Waals surface area contributed by atoms with Crippen LogP contribution in [0.3, 0.4) is 0 Å². The second-order valence-corrected chi connectivity index (χ2v) is 6.53. The molecule has 0 saturated heterocycles. The van der Waals surface area contributed by atoms with Crippen LogP contribution in [0.15, 0.2) is 72.8 Å². The van der Waals surface area contributed by atoms with Crippen molar-refractivity contribution in [2.75, 3.05) is 12.0 Å². The summed E-state index contributed by atoms with van der Waals surface area (Å²) in [6.45, 7) is 0. The number of ether oxygens (including phenoxy) is 1. The number of halogens is 2. The Labute approximate surface area is 160 Å². The molecule has 4 nitrogen and oxygen atoms in total. The van der Waals surface area contributed by atoms with E-state index in [9.17, 15) is 18.7 Å². The Bertz CT molecular complexity index is 1020. The second kappa shape index (κ2) is 6.82. The lowest BCUT2D eigenvalue weighted by atomic mass is 9.77. The Balaban J connectivity index is 2.02. The molecule has 1 N–H and O–H groups in total. The highest BCUT2D eigenvalue weighted by Crippen LogP contribution is 2.47. The van der Waals surface area contributed by atoms with Gasteiger partial charge >= 0.3 is 0 Å². The fourth-order valence-electron chi connectivity index (χ4n) is 3.71. The molecule has 6 heteroatoms. The third kappa shape index (κ3) is 2.61. The fourth-order valence-corrected chi connectivity index (χ4v) is 3.71. The third-order valence-electron chi connectivity index (χ3n) is 4.98. The first-order valence-corrected chi connectivity index (χ1v) is 8.67. The average molecular weight is 381 g/mol. The van der Waals surface area contributed by atoms with E-state index in [0.29, 0.717) is 5.56 Å². The molecule has 1 aliphatic rings. The average Bonchev–Trinajstić information content (AvgIpc) is 2.71. The molecule has 0 aliphatic carbocycles. The topological polar surface area (TPSA) is 49.8 Å². The first kappa shape index (κ1) is 18.3. The third-order valence-corrected chi connectivity index (χ3v) is 4.98. The van der Waals surface area contributed by atoms with E-state index in [2.05, 4.69) is 0 Å². The van der Waals surface area contributed by atoms with E-state index in [1.54, 1.807) is 36.4 Å². The van der Waals surface area contributed by atoms with Crippen LogP contribution >= 0.6 is 0 Å². The Kier molecular flexibility index (Phi) is 4.45. The van der Waals surface area contributed by atoms with Crippen LogP contribution in [0.1, 0.15) is 11.1 Å². The summed E-state index contributed by atoms with van der Waals surface area (Å²) in [5, 5.41) is 11.7. The van der Waals surface area contributed by atoms with Crippen molar-refractivity contribution >= 4 is 17.3 Å². The fraction of sp³-hybridized carbons (Fsp3) is 0.136. The molecule has 4 rings (SSSR count). The number of aliphatic hydroxyl groups is 1. The zero-order chi connectivity index (χ0) is 19.9. The normalized spacial score (nSPS) is 21.5. The van der Waals surface area contributed by atoms with E-state index in [1.165, 1.54) is 43.5 Å². The van der Waals surface area contributed by atoms with Crippen molar-refractivity contribution in [2.24, 2.45) is 0 Å². The SMILES string of the molecule is COC1C(=O)N(c2ccc(F)cc2)c2c(F)cccc2C1(O)c1ccccc1. The summed E-state index contributed by atoms with van der Waals surface area (Å²) in [5.41, 5.74) is -1.11. The van der Waals surface area contributed by atoms with Gasteiger partial charge in [-0.2, -0.15) is 0 Å². The number of hydrogen-bond acceptors (Lipinski definition) is 3. The number of rotatable bonds is 3. The summed E-state index contributed by atoms with van der Waals surface area (Å²) < 4.78 is 33.7. The number of nitrogens with zero attached hydrogens (tertiary/aromatic N) is 1. The van der Waals surface area contributed by atoms with Crippen molar-refractivity contribution in [1.29, 1.82) is 0 Å². The van der Waals surface area contributed by atoms with Gasteiger partial charge in [-0.05, 0) is 35.9 Å². The van der Waals surface area contributed by atoms with Crippen molar-refractivity contribution in [3.05, 3.63) is 95.6 Å². The van der Waals surface area contributed by atoms with Gasteiger partial charge in [-0.3, -0.25) is 9.69 Å². The monoisotopic (exact) mass is 381 g/mol. The van der Waals surface area contributed by atoms with Gasteiger partial charge in [0.25, 0.3) is 5.91 Å². The van der Waals surface area contributed by atoms with E-state index in [4.69, 9.17) is 4.74 Å². The maximum atomic E-state index is 14.9. The first-order chi connectivity index (χ1) is 13.5. The molecule has 1 amide bonds. The van der Waals surface area contributed by atoms with Gasteiger partial charge < -0.3 is 9.84 Å². The molecule has 28 heavy (non-hydrogen) atoms. The number of methoxy groups -OCH3 is 1. The molecule has 3 aromatic carbocycles. The van der Waals surface area contributed by atoms with Crippen LogP contribution in [0.25, 0.3) is 0 Å². The molecular formula is C22H17F2NO3. The lowest BCUT2D eigenvalue weighted by molar-refractivity contribution is -0.144. The summed E-state index contributed by atoms with van der Waals surface area (Å²) in [6.07, 6.45) is -1.32. The molecule has 0 fully saturated rings. The molecule has 0 saturated carbocycles. The lowest BCUT2D eigenvalue weighted by Crippen LogP contribution is -2.56. The number of para-hydroxylation sites is 1. The minimum Gasteiger partial charge on any atom is -0.377 e. The highest BCUT2D eigenvalue weighted by atomic mass is 19.1. The Hall–Kier alpha value is -3.09. The van der Waals surface area contributed by atoms with Crippen LogP contribution < -0.4 is 4.90 Å². The van der Waals surface area contributed by atoms with Crippen LogP contribution in [0.4, 0.5) is 20.2 Å². The zero-order valence-corrected chi connectivity index (χ0v) is 15.0. The standard InChI is InChI=1S/C22H17F2NO3/c1-28-20-21(26)25(16-12-10-15(23)11-13-16)19-17(8-5-9-18(19)24)22(20,27)14-6-3-2-4-7-14/h2-13,20,27H,1H3. The molecule has 2 atom stereocenters. The number of carbonyl (C=O) groups is 1. The maximum Gasteiger partial charge on any atom is 0.264 e. The van der Waals surface area contributed by atoms with Crippen molar-refractivity contribution in [3.63, 3.8) is 0 Å². The summed E-state index contributed by atoms with van der Waals surface area (Å²) in [7, 11) is 1.31. The van der Waals surface area contributed by atoms with E-state index in [-0.39, 0.29) is 16.9 Å². The molecule has 1 aliphatic heterocycles. The van der Waals surface area contributed by atoms with Gasteiger partial charge in [0.15, 0.2) is 11.7 Å². The van der Waals surface area contributed by atoms with Gasteiger partial charge in [-0.15, -0.1) is 0 Å². The van der Waals surface area contributed by atoms with Gasteiger partial charge in [0.1, 0.15) is 11.6 Å². The van der Waals surface area contributed by atoms with E-state index < -0.39 is 29.2 Å². The number of carbonyl (C=O) groups excluding carboxylic acids is 1. The van der Waals surface area contributed by atoms with Crippen LogP contribution in [0.2, 0.25) is 0 Å². The summed E-state index contributed by atoms with van der Waals surface area (Å²) >= 11 is 0. The maximum absolute atomic E-state index is 14.9. The number of amides is 1. The highest BCUT2D eigenvalue weighted by Gasteiger charge is 2.53. The summed E-state index contributed by atoms with van der Waals surface area (Å²) in [5.74, 6) is -1.82. The van der Waals surface area contributed by atoms with Crippen LogP contribution in [0.5, 0.6) is 0 Å². The van der Waals surface area contributed by atoms with Gasteiger partial charge in [-0.1, -0.05) is 42.5 Å². The van der Waals surface area contributed by atoms with Crippen molar-refractivity contribution in [2.45, 2.75) is 11.7 Å². The highest BCUT2D eigenvalue weighted by molar-refractivity contribution is 6.07. The number of anilines is 2. The second-order valence-electron chi connectivity index (χ2n) is 6.53. The molecular weight excluding hydrogens is 364 g/mol. The Morgan fingerprint density at radius 3 is 2.29 bits per heavy atom. The molecule has 0 spiro atoms. The molecule has 0 bridgehead atoms. The molecule has 0 aromatic heterocycles. The van der Waals surface area contributed by atoms with Gasteiger partial charge in [0, 0.05) is 18.4 Å². The summed E-state index contributed by atoms with van der Waals surface area (Å²) in [4.78, 5) is 14.4. The van der Waals surface area contributed by atoms with E-state index >= 15 is 0 Å². The molecule has 3 aromatic rings. The van der Waals surface area contributed by atoms with Crippen LogP contribution in [-0.2, 0) is 15.1 Å². The molecule has 2 unspecified atom stereocenters. The number of hydrogen-bond donors (Lipinski definition) is 1. The zero-order valence-electron chi connectivity index (χ0n) is 15.0. The van der Waals surface area contributed by atoms with E-state index in [1.807, 2.05) is 0 Å². The molecule has 142 valence electrons. The van der Waals surface area contributed by atoms with E-state index in [0.717, 1.165) is 4.90 Å². The van der Waals surface area contributed by atoms with Crippen LogP contribution in [-0.4, -0.2) is 24.2 Å². The van der Waals surface area contributed by atoms with Crippen LogP contribution in [0, 0.1) is 11.6 Å². The molecule has 1 heterocycles. The first-order valence-electron chi connectivity index (χ1n) is 8.67. The number of fused-ring (bicyclic) bond motifs is 1. The Morgan fingerprint density at radius 2 is 1.64 bits per heavy atom. The van der Waals surface area contributed by atoms with Crippen molar-refractivity contribution < 1.29 is 23.4 Å². The summed E-state index contributed by atoms with van der Waals surface area (Å²) in [6, 6.07) is 17.9. The van der Waals surface area contributed by atoms with Gasteiger partial charge in [0.05, 0.1) is 5.69 Å². The Morgan fingerprint density at radius 1 is 0.964 bits per heavy atom. The minimum absolute atomic E-state index is 0.0845. The predicted octanol–water partition coefficient (Wildman–Crippen LogP) is 3.89. The minimum atomic E-state index is -1.89. The molecule has 0 radical (unpaired) electrons. The van der Waals surface area contributed by atoms with Crippen molar-refractivity contribution in [3.8, 4) is 0 Å². The quantitative estimate of drug-likeness (QED) is 0.749. The van der Waals surface area contributed by atoms with Gasteiger partial charge in [0.2, 0.25) is 0 Å². The smallest absolute Gasteiger partial charge is 0.264 e. The predicted molar refractivity (Wildman–Crippen MR) is 100 cm³/mol. The largest absolute Gasteiger partial charge is 0.377 e. The van der Waals surface area contributed by atoms with Gasteiger partial charge in [-0.25, -0.2) is 8.78 Å². The lowest BCUT2D eigenvalue weighted by Gasteiger charge is -2.44. The van der Waals surface area contributed by atoms with Crippen molar-refractivity contribution in [1.82, 2.24) is 0 Å². The number of benzene rings is 3.